The third kappa shape index (κ3) is 3.88. The maximum atomic E-state index is 13.1. The summed E-state index contributed by atoms with van der Waals surface area (Å²) in [5, 5.41) is 4.06. The van der Waals surface area contributed by atoms with E-state index in [1.54, 1.807) is 34.9 Å². The van der Waals surface area contributed by atoms with Crippen molar-refractivity contribution in [2.75, 3.05) is 26.0 Å². The van der Waals surface area contributed by atoms with Gasteiger partial charge >= 0.3 is 5.76 Å². The predicted octanol–water partition coefficient (Wildman–Crippen LogP) is 3.26. The Morgan fingerprint density at radius 3 is 2.18 bits per heavy atom. The number of carbonyl (C=O) groups is 1. The van der Waals surface area contributed by atoms with Gasteiger partial charge in [0.25, 0.3) is 0 Å². The lowest BCUT2D eigenvalue weighted by atomic mass is 10.1. The molecule has 1 N–H and O–H groups in total. The smallest absolute Gasteiger partial charge is 0.408 e. The number of para-hydroxylation sites is 2. The number of carbonyl (C=O) groups excluding carboxylic acids is 1. The van der Waals surface area contributed by atoms with E-state index in [1.807, 2.05) is 60.0 Å². The van der Waals surface area contributed by atoms with Crippen molar-refractivity contribution < 1.29 is 9.21 Å². The molecule has 0 radical (unpaired) electrons. The first-order valence-corrected chi connectivity index (χ1v) is 11.0. The molecule has 5 aromatic rings. The number of likely N-dealkylation sites (N-methyl/N-ethyl adjacent to an activating group) is 1. The Morgan fingerprint density at radius 1 is 0.882 bits per heavy atom. The Labute approximate surface area is 194 Å². The molecule has 0 unspecified atom stereocenters. The third-order valence-corrected chi connectivity index (χ3v) is 5.90. The quantitative estimate of drug-likeness (QED) is 0.396. The molecule has 0 spiro atoms. The predicted molar refractivity (Wildman–Crippen MR) is 133 cm³/mol. The fraction of sp³-hybridized carbons (Fsp3) is 0.192. The molecule has 0 saturated heterocycles. The van der Waals surface area contributed by atoms with Crippen molar-refractivity contribution >= 4 is 44.5 Å². The molecule has 2 aromatic heterocycles. The molecule has 0 bridgehead atoms. The van der Waals surface area contributed by atoms with Crippen molar-refractivity contribution in [3.8, 4) is 0 Å². The number of amides is 1. The molecule has 8 heteroatoms. The van der Waals surface area contributed by atoms with Crippen LogP contribution in [0.4, 0.5) is 5.69 Å². The summed E-state index contributed by atoms with van der Waals surface area (Å²) in [6.45, 7) is 1.18. The first kappa shape index (κ1) is 21.7. The standard InChI is InChI=1S/C26H24N4O4/c1-28(2)13-14-29-22-15-17(11-12-23(22)34-26(29)33)27-24(31)16-30-20-9-5-3-7-18(20)25(32)19-8-4-6-10-21(19)30/h3-12,15H,13-14,16H2,1-2H3,(H,27,31). The highest BCUT2D eigenvalue weighted by molar-refractivity contribution is 5.97. The number of nitrogens with one attached hydrogen (secondary N) is 1. The molecule has 172 valence electrons. The fourth-order valence-corrected chi connectivity index (χ4v) is 4.24. The van der Waals surface area contributed by atoms with E-state index in [9.17, 15) is 14.4 Å². The minimum atomic E-state index is -0.425. The van der Waals surface area contributed by atoms with E-state index in [4.69, 9.17) is 4.42 Å². The van der Waals surface area contributed by atoms with Crippen LogP contribution in [0.1, 0.15) is 0 Å². The minimum absolute atomic E-state index is 0.0260. The summed E-state index contributed by atoms with van der Waals surface area (Å²) in [5.74, 6) is -0.671. The number of oxazole rings is 1. The summed E-state index contributed by atoms with van der Waals surface area (Å²) < 4.78 is 8.75. The zero-order valence-corrected chi connectivity index (χ0v) is 18.9. The second-order valence-electron chi connectivity index (χ2n) is 8.50. The molecule has 3 aromatic carbocycles. The molecule has 0 atom stereocenters. The van der Waals surface area contributed by atoms with Crippen LogP contribution in [-0.4, -0.2) is 40.6 Å². The number of hydrogen-bond acceptors (Lipinski definition) is 5. The van der Waals surface area contributed by atoms with E-state index in [0.717, 1.165) is 0 Å². The highest BCUT2D eigenvalue weighted by Gasteiger charge is 2.15. The monoisotopic (exact) mass is 456 g/mol. The summed E-state index contributed by atoms with van der Waals surface area (Å²) in [4.78, 5) is 40.2. The van der Waals surface area contributed by atoms with Gasteiger partial charge in [0, 0.05) is 29.5 Å². The molecule has 0 aliphatic heterocycles. The van der Waals surface area contributed by atoms with E-state index in [-0.39, 0.29) is 17.9 Å². The van der Waals surface area contributed by atoms with E-state index in [1.165, 1.54) is 0 Å². The van der Waals surface area contributed by atoms with Crippen LogP contribution in [-0.2, 0) is 17.9 Å². The summed E-state index contributed by atoms with van der Waals surface area (Å²) in [6.07, 6.45) is 0. The molecule has 0 aliphatic rings. The zero-order chi connectivity index (χ0) is 23.8. The molecule has 0 fully saturated rings. The van der Waals surface area contributed by atoms with Crippen LogP contribution in [0.2, 0.25) is 0 Å². The molecule has 5 rings (SSSR count). The van der Waals surface area contributed by atoms with Gasteiger partial charge in [0.15, 0.2) is 11.0 Å². The van der Waals surface area contributed by atoms with Crippen LogP contribution >= 0.6 is 0 Å². The van der Waals surface area contributed by atoms with Gasteiger partial charge in [0.1, 0.15) is 6.54 Å². The van der Waals surface area contributed by atoms with Gasteiger partial charge in [-0.25, -0.2) is 4.79 Å². The van der Waals surface area contributed by atoms with E-state index in [2.05, 4.69) is 5.32 Å². The largest absolute Gasteiger partial charge is 0.419 e. The Kier molecular flexibility index (Phi) is 5.51. The van der Waals surface area contributed by atoms with Crippen LogP contribution in [0, 0.1) is 0 Å². The zero-order valence-electron chi connectivity index (χ0n) is 18.9. The number of aromatic nitrogens is 2. The first-order chi connectivity index (χ1) is 16.4. The highest BCUT2D eigenvalue weighted by atomic mass is 16.4. The number of nitrogens with zero attached hydrogens (tertiary/aromatic N) is 3. The van der Waals surface area contributed by atoms with Gasteiger partial charge in [-0.05, 0) is 56.6 Å². The van der Waals surface area contributed by atoms with Gasteiger partial charge in [-0.2, -0.15) is 0 Å². The second kappa shape index (κ2) is 8.64. The molecule has 0 saturated carbocycles. The molecule has 2 heterocycles. The average Bonchev–Trinajstić information content (AvgIpc) is 3.14. The van der Waals surface area contributed by atoms with E-state index < -0.39 is 5.76 Å². The topological polar surface area (TPSA) is 89.5 Å². The molecule has 1 amide bonds. The van der Waals surface area contributed by atoms with E-state index in [0.29, 0.717) is 51.7 Å². The maximum Gasteiger partial charge on any atom is 0.419 e. The number of benzene rings is 3. The fourth-order valence-electron chi connectivity index (χ4n) is 4.24. The highest BCUT2D eigenvalue weighted by Crippen LogP contribution is 2.21. The van der Waals surface area contributed by atoms with Crippen molar-refractivity contribution in [3.63, 3.8) is 0 Å². The lowest BCUT2D eigenvalue weighted by Gasteiger charge is -2.15. The lowest BCUT2D eigenvalue weighted by molar-refractivity contribution is -0.116. The minimum Gasteiger partial charge on any atom is -0.408 e. The third-order valence-electron chi connectivity index (χ3n) is 5.90. The van der Waals surface area contributed by atoms with Crippen LogP contribution < -0.4 is 16.5 Å². The van der Waals surface area contributed by atoms with Crippen molar-refractivity contribution in [2.45, 2.75) is 13.1 Å². The van der Waals surface area contributed by atoms with Gasteiger partial charge in [0.05, 0.1) is 16.6 Å². The SMILES string of the molecule is CN(C)CCn1c(=O)oc2ccc(NC(=O)Cn3c4ccccc4c(=O)c4ccccc43)cc21. The Balaban J connectivity index is 1.49. The number of anilines is 1. The van der Waals surface area contributed by atoms with Crippen molar-refractivity contribution in [3.05, 3.63) is 87.5 Å². The van der Waals surface area contributed by atoms with Gasteiger partial charge in [-0.1, -0.05) is 24.3 Å². The summed E-state index contributed by atoms with van der Waals surface area (Å²) in [7, 11) is 3.87. The number of hydrogen-bond donors (Lipinski definition) is 1. The molecule has 0 aliphatic carbocycles. The summed E-state index contributed by atoms with van der Waals surface area (Å²) in [6, 6.07) is 19.7. The van der Waals surface area contributed by atoms with Gasteiger partial charge in [-0.15, -0.1) is 0 Å². The van der Waals surface area contributed by atoms with Crippen molar-refractivity contribution in [2.24, 2.45) is 0 Å². The summed E-state index contributed by atoms with van der Waals surface area (Å²) in [5.41, 5.74) is 3.01. The van der Waals surface area contributed by atoms with Crippen LogP contribution in [0.5, 0.6) is 0 Å². The number of rotatable bonds is 6. The van der Waals surface area contributed by atoms with E-state index >= 15 is 0 Å². The van der Waals surface area contributed by atoms with Gasteiger partial charge in [0.2, 0.25) is 5.91 Å². The van der Waals surface area contributed by atoms with Crippen LogP contribution in [0.25, 0.3) is 32.9 Å². The van der Waals surface area contributed by atoms with Crippen molar-refractivity contribution in [1.29, 1.82) is 0 Å². The Hall–Kier alpha value is -4.17. The summed E-state index contributed by atoms with van der Waals surface area (Å²) >= 11 is 0. The first-order valence-electron chi connectivity index (χ1n) is 11.0. The second-order valence-corrected chi connectivity index (χ2v) is 8.50. The number of fused-ring (bicyclic) bond motifs is 3. The number of pyridine rings is 1. The average molecular weight is 457 g/mol. The Morgan fingerprint density at radius 2 is 1.53 bits per heavy atom. The normalized spacial score (nSPS) is 11.6. The molecule has 8 nitrogen and oxygen atoms in total. The molecular formula is C26H24N4O4. The van der Waals surface area contributed by atoms with Gasteiger partial charge < -0.3 is 19.2 Å². The van der Waals surface area contributed by atoms with Gasteiger partial charge in [-0.3, -0.25) is 14.2 Å². The molecule has 34 heavy (non-hydrogen) atoms. The maximum absolute atomic E-state index is 13.1. The van der Waals surface area contributed by atoms with Crippen LogP contribution in [0.15, 0.2) is 80.7 Å². The molecular weight excluding hydrogens is 432 g/mol. The lowest BCUT2D eigenvalue weighted by Crippen LogP contribution is -2.24. The van der Waals surface area contributed by atoms with Crippen LogP contribution in [0.3, 0.4) is 0 Å². The Bertz CT molecular complexity index is 1600. The van der Waals surface area contributed by atoms with Crippen molar-refractivity contribution in [1.82, 2.24) is 14.0 Å².